The summed E-state index contributed by atoms with van der Waals surface area (Å²) in [5.41, 5.74) is 3.47. The summed E-state index contributed by atoms with van der Waals surface area (Å²) in [7, 11) is 0. The zero-order valence-corrected chi connectivity index (χ0v) is 16.1. The van der Waals surface area contributed by atoms with Crippen molar-refractivity contribution in [3.63, 3.8) is 0 Å². The topological polar surface area (TPSA) is 25.8 Å². The SMILES string of the molecule is Clc1ccc(CSc2ncnc3scc(-c4ccccc4)c23)cc1Cl. The van der Waals surface area contributed by atoms with Gasteiger partial charge in [0.1, 0.15) is 16.2 Å². The van der Waals surface area contributed by atoms with Crippen molar-refractivity contribution in [3.05, 3.63) is 75.8 Å². The van der Waals surface area contributed by atoms with Crippen molar-refractivity contribution in [1.29, 1.82) is 0 Å². The maximum atomic E-state index is 6.11. The van der Waals surface area contributed by atoms with Crippen molar-refractivity contribution < 1.29 is 0 Å². The number of aromatic nitrogens is 2. The second-order valence-electron chi connectivity index (χ2n) is 5.41. The number of nitrogens with zero attached hydrogens (tertiary/aromatic N) is 2. The fraction of sp³-hybridized carbons (Fsp3) is 0.0526. The molecule has 0 spiro atoms. The fourth-order valence-electron chi connectivity index (χ4n) is 2.57. The Morgan fingerprint density at radius 1 is 0.960 bits per heavy atom. The maximum Gasteiger partial charge on any atom is 0.128 e. The summed E-state index contributed by atoms with van der Waals surface area (Å²) < 4.78 is 0. The highest BCUT2D eigenvalue weighted by Crippen LogP contribution is 2.38. The van der Waals surface area contributed by atoms with Gasteiger partial charge >= 0.3 is 0 Å². The number of thiophene rings is 1. The fourth-order valence-corrected chi connectivity index (χ4v) is 4.83. The van der Waals surface area contributed by atoms with Crippen LogP contribution in [0.3, 0.4) is 0 Å². The molecule has 2 aromatic heterocycles. The first-order chi connectivity index (χ1) is 12.2. The Hall–Kier alpha value is -1.59. The van der Waals surface area contributed by atoms with Crippen LogP contribution in [-0.4, -0.2) is 9.97 Å². The lowest BCUT2D eigenvalue weighted by atomic mass is 10.1. The van der Waals surface area contributed by atoms with Crippen LogP contribution in [0.4, 0.5) is 0 Å². The van der Waals surface area contributed by atoms with E-state index in [2.05, 4.69) is 27.5 Å². The molecule has 0 fully saturated rings. The van der Waals surface area contributed by atoms with E-state index in [1.165, 1.54) is 11.1 Å². The van der Waals surface area contributed by atoms with Crippen LogP contribution in [0.1, 0.15) is 5.56 Å². The van der Waals surface area contributed by atoms with Crippen LogP contribution in [0, 0.1) is 0 Å². The third kappa shape index (κ3) is 3.53. The van der Waals surface area contributed by atoms with Gasteiger partial charge in [0.15, 0.2) is 0 Å². The van der Waals surface area contributed by atoms with E-state index in [1.54, 1.807) is 29.4 Å². The monoisotopic (exact) mass is 402 g/mol. The predicted molar refractivity (Wildman–Crippen MR) is 109 cm³/mol. The molecule has 0 aliphatic heterocycles. The molecule has 2 heterocycles. The minimum absolute atomic E-state index is 0.573. The van der Waals surface area contributed by atoms with Gasteiger partial charge in [0, 0.05) is 16.7 Å². The molecule has 25 heavy (non-hydrogen) atoms. The Kier molecular flexibility index (Phi) is 4.95. The highest BCUT2D eigenvalue weighted by Gasteiger charge is 2.13. The minimum atomic E-state index is 0.573. The predicted octanol–water partition coefficient (Wildman–Crippen LogP) is 6.96. The molecule has 2 aromatic carbocycles. The van der Waals surface area contributed by atoms with E-state index in [4.69, 9.17) is 23.2 Å². The van der Waals surface area contributed by atoms with Gasteiger partial charge in [0.2, 0.25) is 0 Å². The van der Waals surface area contributed by atoms with E-state index in [1.807, 2.05) is 36.4 Å². The van der Waals surface area contributed by atoms with Crippen LogP contribution in [0.25, 0.3) is 21.3 Å². The molecular formula is C19H12Cl2N2S2. The second-order valence-corrected chi connectivity index (χ2v) is 8.05. The van der Waals surface area contributed by atoms with Gasteiger partial charge in [-0.3, -0.25) is 0 Å². The van der Waals surface area contributed by atoms with Gasteiger partial charge in [0.05, 0.1) is 15.4 Å². The maximum absolute atomic E-state index is 6.11. The molecule has 0 saturated carbocycles. The van der Waals surface area contributed by atoms with Gasteiger partial charge in [-0.1, -0.05) is 59.6 Å². The lowest BCUT2D eigenvalue weighted by Crippen LogP contribution is -1.87. The van der Waals surface area contributed by atoms with Crippen LogP contribution in [0.5, 0.6) is 0 Å². The normalized spacial score (nSPS) is 11.1. The molecule has 0 N–H and O–H groups in total. The largest absolute Gasteiger partial charge is 0.229 e. The van der Waals surface area contributed by atoms with Gasteiger partial charge in [-0.15, -0.1) is 23.1 Å². The van der Waals surface area contributed by atoms with Gasteiger partial charge in [-0.25, -0.2) is 9.97 Å². The molecular weight excluding hydrogens is 391 g/mol. The minimum Gasteiger partial charge on any atom is -0.229 e. The number of benzene rings is 2. The molecule has 124 valence electrons. The first-order valence-corrected chi connectivity index (χ1v) is 10.2. The quantitative estimate of drug-likeness (QED) is 0.272. The summed E-state index contributed by atoms with van der Waals surface area (Å²) in [5, 5.41) is 5.40. The third-order valence-corrected chi connectivity index (χ3v) is 6.47. The summed E-state index contributed by atoms with van der Waals surface area (Å²) in [6.45, 7) is 0. The third-order valence-electron chi connectivity index (χ3n) is 3.78. The van der Waals surface area contributed by atoms with Crippen molar-refractivity contribution in [2.75, 3.05) is 0 Å². The first-order valence-electron chi connectivity index (χ1n) is 7.57. The number of rotatable bonds is 4. The van der Waals surface area contributed by atoms with E-state index < -0.39 is 0 Å². The lowest BCUT2D eigenvalue weighted by Gasteiger charge is -2.06. The average Bonchev–Trinajstić information content (AvgIpc) is 3.08. The Morgan fingerprint density at radius 3 is 2.60 bits per heavy atom. The number of hydrogen-bond acceptors (Lipinski definition) is 4. The van der Waals surface area contributed by atoms with E-state index >= 15 is 0 Å². The Balaban J connectivity index is 1.70. The highest BCUT2D eigenvalue weighted by atomic mass is 35.5. The van der Waals surface area contributed by atoms with Gasteiger partial charge in [-0.05, 0) is 23.3 Å². The zero-order valence-electron chi connectivity index (χ0n) is 12.9. The zero-order chi connectivity index (χ0) is 17.2. The standard InChI is InChI=1S/C19H12Cl2N2S2/c20-15-7-6-12(8-16(15)21)9-24-18-17-14(13-4-2-1-3-5-13)10-25-19(17)23-11-22-18/h1-8,10-11H,9H2. The molecule has 0 atom stereocenters. The van der Waals surface area contributed by atoms with Crippen LogP contribution in [0.15, 0.2) is 65.3 Å². The first kappa shape index (κ1) is 16.9. The van der Waals surface area contributed by atoms with Crippen LogP contribution >= 0.6 is 46.3 Å². The summed E-state index contributed by atoms with van der Waals surface area (Å²) in [6.07, 6.45) is 1.63. The van der Waals surface area contributed by atoms with Gasteiger partial charge in [-0.2, -0.15) is 0 Å². The molecule has 0 amide bonds. The number of fused-ring (bicyclic) bond motifs is 1. The molecule has 4 aromatic rings. The van der Waals surface area contributed by atoms with Crippen molar-refractivity contribution in [2.24, 2.45) is 0 Å². The Morgan fingerprint density at radius 2 is 1.80 bits per heavy atom. The van der Waals surface area contributed by atoms with Crippen molar-refractivity contribution >= 4 is 56.5 Å². The molecule has 0 radical (unpaired) electrons. The summed E-state index contributed by atoms with van der Waals surface area (Å²) in [4.78, 5) is 9.95. The van der Waals surface area contributed by atoms with E-state index in [9.17, 15) is 0 Å². The van der Waals surface area contributed by atoms with E-state index in [0.717, 1.165) is 26.6 Å². The van der Waals surface area contributed by atoms with Gasteiger partial charge in [0.25, 0.3) is 0 Å². The Bertz CT molecular complexity index is 1030. The molecule has 0 saturated heterocycles. The van der Waals surface area contributed by atoms with E-state index in [-0.39, 0.29) is 0 Å². The molecule has 6 heteroatoms. The number of halogens is 2. The lowest BCUT2D eigenvalue weighted by molar-refractivity contribution is 1.11. The summed E-state index contributed by atoms with van der Waals surface area (Å²) in [6, 6.07) is 16.1. The van der Waals surface area contributed by atoms with Crippen molar-refractivity contribution in [2.45, 2.75) is 10.8 Å². The van der Waals surface area contributed by atoms with E-state index in [0.29, 0.717) is 10.0 Å². The van der Waals surface area contributed by atoms with Crippen LogP contribution in [0.2, 0.25) is 10.0 Å². The van der Waals surface area contributed by atoms with Crippen molar-refractivity contribution in [3.8, 4) is 11.1 Å². The van der Waals surface area contributed by atoms with Crippen molar-refractivity contribution in [1.82, 2.24) is 9.97 Å². The van der Waals surface area contributed by atoms with Gasteiger partial charge < -0.3 is 0 Å². The molecule has 0 aliphatic rings. The van der Waals surface area contributed by atoms with Crippen LogP contribution in [-0.2, 0) is 5.75 Å². The highest BCUT2D eigenvalue weighted by molar-refractivity contribution is 7.98. The summed E-state index contributed by atoms with van der Waals surface area (Å²) >= 11 is 15.4. The smallest absolute Gasteiger partial charge is 0.128 e. The Labute approximate surface area is 163 Å². The molecule has 0 aliphatic carbocycles. The van der Waals surface area contributed by atoms with Crippen LogP contribution < -0.4 is 0 Å². The number of hydrogen-bond donors (Lipinski definition) is 0. The molecule has 2 nitrogen and oxygen atoms in total. The summed E-state index contributed by atoms with van der Waals surface area (Å²) in [5.74, 6) is 0.771. The molecule has 0 unspecified atom stereocenters. The second kappa shape index (κ2) is 7.34. The number of thioether (sulfide) groups is 1. The molecule has 0 bridgehead atoms. The molecule has 4 rings (SSSR count). The average molecular weight is 403 g/mol.